The van der Waals surface area contributed by atoms with Gasteiger partial charge in [-0.3, -0.25) is 4.79 Å². The molecule has 2 heteroatoms. The minimum atomic E-state index is -0.0213. The highest BCUT2D eigenvalue weighted by Gasteiger charge is 2.06. The summed E-state index contributed by atoms with van der Waals surface area (Å²) in [5.41, 5.74) is 3.20. The van der Waals surface area contributed by atoms with E-state index in [0.717, 1.165) is 24.0 Å². The topological polar surface area (TPSA) is 17.1 Å². The van der Waals surface area contributed by atoms with Crippen LogP contribution >= 0.6 is 15.9 Å². The van der Waals surface area contributed by atoms with Crippen LogP contribution in [0.2, 0.25) is 0 Å². The van der Waals surface area contributed by atoms with Crippen molar-refractivity contribution in [3.63, 3.8) is 0 Å². The number of rotatable bonds is 3. The molecule has 1 aromatic rings. The molecule has 0 saturated heterocycles. The summed E-state index contributed by atoms with van der Waals surface area (Å²) in [7, 11) is 0. The first-order chi connectivity index (χ1) is 6.19. The van der Waals surface area contributed by atoms with E-state index in [2.05, 4.69) is 35.8 Å². The zero-order valence-corrected chi connectivity index (χ0v) is 9.52. The van der Waals surface area contributed by atoms with E-state index >= 15 is 0 Å². The molecular formula is C11H13BrO. The van der Waals surface area contributed by atoms with Gasteiger partial charge in [0.05, 0.1) is 0 Å². The molecule has 0 aromatic heterocycles. The Labute approximate surface area is 87.3 Å². The Kier molecular flexibility index (Phi) is 3.67. The standard InChI is InChI=1S/C11H13BrO/c1-3-8-5-6-10(11(12)13)9(4-2)7-8/h5-7H,3-4H2,1-2H3. The van der Waals surface area contributed by atoms with E-state index in [4.69, 9.17) is 0 Å². The highest BCUT2D eigenvalue weighted by Crippen LogP contribution is 2.16. The van der Waals surface area contributed by atoms with Gasteiger partial charge in [-0.05, 0) is 46.0 Å². The number of hydrogen-bond acceptors (Lipinski definition) is 1. The van der Waals surface area contributed by atoms with E-state index < -0.39 is 0 Å². The monoisotopic (exact) mass is 240 g/mol. The zero-order chi connectivity index (χ0) is 9.84. The first-order valence-corrected chi connectivity index (χ1v) is 5.30. The lowest BCUT2D eigenvalue weighted by atomic mass is 10.0. The molecule has 0 fully saturated rings. The van der Waals surface area contributed by atoms with Crippen LogP contribution in [0.3, 0.4) is 0 Å². The normalized spacial score (nSPS) is 10.1. The van der Waals surface area contributed by atoms with Gasteiger partial charge in [-0.1, -0.05) is 26.0 Å². The highest BCUT2D eigenvalue weighted by molar-refractivity contribution is 9.18. The molecule has 0 amide bonds. The van der Waals surface area contributed by atoms with Gasteiger partial charge in [-0.2, -0.15) is 0 Å². The van der Waals surface area contributed by atoms with E-state index in [0.29, 0.717) is 0 Å². The molecule has 1 aromatic carbocycles. The molecule has 13 heavy (non-hydrogen) atoms. The Balaban J connectivity index is 3.15. The van der Waals surface area contributed by atoms with Crippen molar-refractivity contribution in [2.75, 3.05) is 0 Å². The van der Waals surface area contributed by atoms with E-state index in [-0.39, 0.29) is 4.69 Å². The van der Waals surface area contributed by atoms with Gasteiger partial charge in [0.2, 0.25) is 4.69 Å². The molecule has 1 nitrogen and oxygen atoms in total. The summed E-state index contributed by atoms with van der Waals surface area (Å²) in [6, 6.07) is 6.01. The molecule has 0 radical (unpaired) electrons. The molecular weight excluding hydrogens is 228 g/mol. The maximum atomic E-state index is 11.1. The van der Waals surface area contributed by atoms with Crippen molar-refractivity contribution >= 4 is 20.6 Å². The Morgan fingerprint density at radius 1 is 1.31 bits per heavy atom. The second-order valence-electron chi connectivity index (χ2n) is 2.97. The maximum Gasteiger partial charge on any atom is 0.228 e. The van der Waals surface area contributed by atoms with Gasteiger partial charge in [0.1, 0.15) is 0 Å². The molecule has 0 N–H and O–H groups in total. The van der Waals surface area contributed by atoms with Crippen LogP contribution < -0.4 is 0 Å². The fourth-order valence-electron chi connectivity index (χ4n) is 1.35. The molecule has 0 saturated carbocycles. The average Bonchev–Trinajstić information content (AvgIpc) is 2.16. The van der Waals surface area contributed by atoms with Crippen LogP contribution in [0.25, 0.3) is 0 Å². The van der Waals surface area contributed by atoms with Crippen LogP contribution in [0.15, 0.2) is 18.2 Å². The van der Waals surface area contributed by atoms with Crippen LogP contribution in [0.1, 0.15) is 35.3 Å². The molecule has 0 bridgehead atoms. The van der Waals surface area contributed by atoms with Crippen LogP contribution in [-0.4, -0.2) is 4.69 Å². The number of carbonyl (C=O) groups excluding carboxylic acids is 1. The van der Waals surface area contributed by atoms with Gasteiger partial charge >= 0.3 is 0 Å². The van der Waals surface area contributed by atoms with E-state index in [1.54, 1.807) is 0 Å². The zero-order valence-electron chi connectivity index (χ0n) is 7.93. The fraction of sp³-hybridized carbons (Fsp3) is 0.364. The molecule has 0 unspecified atom stereocenters. The lowest BCUT2D eigenvalue weighted by molar-refractivity contribution is 0.109. The summed E-state index contributed by atoms with van der Waals surface area (Å²) in [6.45, 7) is 4.18. The Morgan fingerprint density at radius 2 is 2.00 bits per heavy atom. The van der Waals surface area contributed by atoms with Crippen molar-refractivity contribution in [2.45, 2.75) is 26.7 Å². The number of aryl methyl sites for hydroxylation is 2. The third kappa shape index (κ3) is 2.41. The second kappa shape index (κ2) is 4.56. The summed E-state index contributed by atoms with van der Waals surface area (Å²) in [4.78, 5) is 11.1. The minimum absolute atomic E-state index is 0.0213. The van der Waals surface area contributed by atoms with Crippen molar-refractivity contribution in [2.24, 2.45) is 0 Å². The van der Waals surface area contributed by atoms with E-state index in [1.165, 1.54) is 5.56 Å². The lowest BCUT2D eigenvalue weighted by Gasteiger charge is -2.05. The van der Waals surface area contributed by atoms with Crippen LogP contribution in [0.5, 0.6) is 0 Å². The summed E-state index contributed by atoms with van der Waals surface area (Å²) in [5.74, 6) is 0. The van der Waals surface area contributed by atoms with Crippen molar-refractivity contribution < 1.29 is 4.79 Å². The van der Waals surface area contributed by atoms with Crippen LogP contribution in [0, 0.1) is 0 Å². The number of carbonyl (C=O) groups is 1. The maximum absolute atomic E-state index is 11.1. The number of hydrogen-bond donors (Lipinski definition) is 0. The molecule has 70 valence electrons. The van der Waals surface area contributed by atoms with Gasteiger partial charge in [-0.15, -0.1) is 0 Å². The fourth-order valence-corrected chi connectivity index (χ4v) is 1.74. The van der Waals surface area contributed by atoms with Crippen LogP contribution in [0.4, 0.5) is 0 Å². The van der Waals surface area contributed by atoms with Crippen LogP contribution in [-0.2, 0) is 12.8 Å². The smallest absolute Gasteiger partial charge is 0.228 e. The first kappa shape index (κ1) is 10.5. The Morgan fingerprint density at radius 3 is 2.46 bits per heavy atom. The lowest BCUT2D eigenvalue weighted by Crippen LogP contribution is -1.97. The van der Waals surface area contributed by atoms with Gasteiger partial charge in [-0.25, -0.2) is 0 Å². The third-order valence-electron chi connectivity index (χ3n) is 2.17. The highest BCUT2D eigenvalue weighted by atomic mass is 79.9. The minimum Gasteiger partial charge on any atom is -0.281 e. The van der Waals surface area contributed by atoms with Crippen molar-refractivity contribution in [3.05, 3.63) is 34.9 Å². The van der Waals surface area contributed by atoms with Gasteiger partial charge in [0.15, 0.2) is 0 Å². The van der Waals surface area contributed by atoms with E-state index in [1.807, 2.05) is 12.1 Å². The van der Waals surface area contributed by atoms with Gasteiger partial charge in [0, 0.05) is 5.56 Å². The predicted octanol–water partition coefficient (Wildman–Crippen LogP) is 3.35. The number of benzene rings is 1. The second-order valence-corrected chi connectivity index (χ2v) is 3.69. The largest absolute Gasteiger partial charge is 0.281 e. The molecule has 0 atom stereocenters. The average molecular weight is 241 g/mol. The molecule has 1 rings (SSSR count). The molecule has 0 aliphatic rings. The molecule has 0 aliphatic heterocycles. The predicted molar refractivity (Wildman–Crippen MR) is 58.5 cm³/mol. The SMILES string of the molecule is CCc1ccc(C(=O)Br)c(CC)c1. The molecule has 0 spiro atoms. The summed E-state index contributed by atoms with van der Waals surface area (Å²) >= 11 is 2.98. The first-order valence-electron chi connectivity index (χ1n) is 4.50. The Bertz CT molecular complexity index is 318. The van der Waals surface area contributed by atoms with Crippen molar-refractivity contribution in [3.8, 4) is 0 Å². The summed E-state index contributed by atoms with van der Waals surface area (Å²) in [6.07, 6.45) is 1.92. The molecule has 0 heterocycles. The van der Waals surface area contributed by atoms with Crippen molar-refractivity contribution in [1.82, 2.24) is 0 Å². The van der Waals surface area contributed by atoms with E-state index in [9.17, 15) is 4.79 Å². The van der Waals surface area contributed by atoms with Gasteiger partial charge < -0.3 is 0 Å². The number of halogens is 1. The third-order valence-corrected chi connectivity index (χ3v) is 2.60. The van der Waals surface area contributed by atoms with Gasteiger partial charge in [0.25, 0.3) is 0 Å². The molecule has 0 aliphatic carbocycles. The Hall–Kier alpha value is -0.630. The quantitative estimate of drug-likeness (QED) is 0.741. The summed E-state index contributed by atoms with van der Waals surface area (Å²) in [5, 5.41) is 0. The summed E-state index contributed by atoms with van der Waals surface area (Å²) < 4.78 is -0.0213. The van der Waals surface area contributed by atoms with Crippen molar-refractivity contribution in [1.29, 1.82) is 0 Å².